The third-order valence-electron chi connectivity index (χ3n) is 4.83. The van der Waals surface area contributed by atoms with Gasteiger partial charge in [0.1, 0.15) is 11.3 Å². The van der Waals surface area contributed by atoms with E-state index in [1.54, 1.807) is 19.2 Å². The van der Waals surface area contributed by atoms with Crippen LogP contribution in [0.4, 0.5) is 0 Å². The van der Waals surface area contributed by atoms with Crippen molar-refractivity contribution in [2.45, 2.75) is 0 Å². The van der Waals surface area contributed by atoms with Crippen molar-refractivity contribution in [2.24, 2.45) is 0 Å². The van der Waals surface area contributed by atoms with Crippen molar-refractivity contribution >= 4 is 32.6 Å². The lowest BCUT2D eigenvalue weighted by molar-refractivity contribution is 0.415. The monoisotopic (exact) mass is 353 g/mol. The van der Waals surface area contributed by atoms with Gasteiger partial charge in [-0.05, 0) is 35.0 Å². The SMILES string of the molecule is COc1ccc(-c2nc3c4ccccc4c4ccccc4c3oc2=O)cc1. The van der Waals surface area contributed by atoms with Gasteiger partial charge in [0.05, 0.1) is 7.11 Å². The van der Waals surface area contributed by atoms with Crippen molar-refractivity contribution in [1.29, 1.82) is 0 Å². The second kappa shape index (κ2) is 5.95. The second-order valence-electron chi connectivity index (χ2n) is 6.35. The summed E-state index contributed by atoms with van der Waals surface area (Å²) in [5.74, 6) is 0.723. The average Bonchev–Trinajstić information content (AvgIpc) is 2.74. The summed E-state index contributed by atoms with van der Waals surface area (Å²) in [6, 6.07) is 23.2. The molecule has 27 heavy (non-hydrogen) atoms. The molecule has 4 heteroatoms. The number of rotatable bonds is 2. The van der Waals surface area contributed by atoms with Crippen LogP contribution in [0.25, 0.3) is 43.9 Å². The molecule has 0 N–H and O–H groups in total. The Hall–Kier alpha value is -3.66. The van der Waals surface area contributed by atoms with Crippen molar-refractivity contribution in [3.05, 3.63) is 83.2 Å². The van der Waals surface area contributed by atoms with Gasteiger partial charge < -0.3 is 9.15 Å². The van der Waals surface area contributed by atoms with Gasteiger partial charge in [-0.15, -0.1) is 0 Å². The van der Waals surface area contributed by atoms with Crippen LogP contribution in [-0.2, 0) is 0 Å². The molecule has 0 saturated heterocycles. The molecule has 0 bridgehead atoms. The molecule has 0 saturated carbocycles. The zero-order chi connectivity index (χ0) is 18.4. The van der Waals surface area contributed by atoms with E-state index in [0.29, 0.717) is 22.4 Å². The van der Waals surface area contributed by atoms with Gasteiger partial charge in [-0.2, -0.15) is 0 Å². The summed E-state index contributed by atoms with van der Waals surface area (Å²) in [6.45, 7) is 0. The van der Waals surface area contributed by atoms with Gasteiger partial charge >= 0.3 is 5.63 Å². The van der Waals surface area contributed by atoms with E-state index in [-0.39, 0.29) is 0 Å². The van der Waals surface area contributed by atoms with Gasteiger partial charge in [-0.1, -0.05) is 48.5 Å². The number of benzene rings is 4. The fraction of sp³-hybridized carbons (Fsp3) is 0.0435. The van der Waals surface area contributed by atoms with E-state index < -0.39 is 5.63 Å². The zero-order valence-corrected chi connectivity index (χ0v) is 14.6. The Morgan fingerprint density at radius 1 is 0.778 bits per heavy atom. The molecule has 5 aromatic rings. The predicted octanol–water partition coefficient (Wildman–Crippen LogP) is 5.17. The first-order valence-electron chi connectivity index (χ1n) is 8.65. The number of aromatic nitrogens is 1. The molecule has 5 rings (SSSR count). The minimum atomic E-state index is -0.451. The van der Waals surface area contributed by atoms with E-state index in [1.807, 2.05) is 54.6 Å². The molecule has 0 fully saturated rings. The van der Waals surface area contributed by atoms with Crippen molar-refractivity contribution in [2.75, 3.05) is 7.11 Å². The van der Waals surface area contributed by atoms with Gasteiger partial charge in [0.25, 0.3) is 0 Å². The summed E-state index contributed by atoms with van der Waals surface area (Å²) in [6.07, 6.45) is 0. The highest BCUT2D eigenvalue weighted by molar-refractivity contribution is 6.22. The summed E-state index contributed by atoms with van der Waals surface area (Å²) in [4.78, 5) is 17.4. The summed E-state index contributed by atoms with van der Waals surface area (Å²) < 4.78 is 11.0. The molecule has 0 aliphatic carbocycles. The van der Waals surface area contributed by atoms with Gasteiger partial charge in [-0.3, -0.25) is 0 Å². The van der Waals surface area contributed by atoms with E-state index in [9.17, 15) is 4.79 Å². The Labute approximate surface area is 154 Å². The molecule has 0 atom stereocenters. The lowest BCUT2D eigenvalue weighted by Gasteiger charge is -2.09. The van der Waals surface area contributed by atoms with Crippen molar-refractivity contribution < 1.29 is 9.15 Å². The summed E-state index contributed by atoms with van der Waals surface area (Å²) in [5.41, 5.74) is 1.75. The van der Waals surface area contributed by atoms with Crippen LogP contribution in [0.3, 0.4) is 0 Å². The lowest BCUT2D eigenvalue weighted by Crippen LogP contribution is -2.06. The van der Waals surface area contributed by atoms with Crippen molar-refractivity contribution in [3.63, 3.8) is 0 Å². The quantitative estimate of drug-likeness (QED) is 0.411. The van der Waals surface area contributed by atoms with Gasteiger partial charge in [0.2, 0.25) is 0 Å². The molecule has 4 nitrogen and oxygen atoms in total. The smallest absolute Gasteiger partial charge is 0.363 e. The Morgan fingerprint density at radius 2 is 1.37 bits per heavy atom. The molecule has 0 radical (unpaired) electrons. The lowest BCUT2D eigenvalue weighted by atomic mass is 10.00. The normalized spacial score (nSPS) is 11.3. The van der Waals surface area contributed by atoms with Crippen LogP contribution in [0, 0.1) is 0 Å². The highest BCUT2D eigenvalue weighted by Crippen LogP contribution is 2.34. The molecule has 1 heterocycles. The van der Waals surface area contributed by atoms with E-state index in [4.69, 9.17) is 14.1 Å². The minimum Gasteiger partial charge on any atom is -0.497 e. The van der Waals surface area contributed by atoms with Gasteiger partial charge in [-0.25, -0.2) is 9.78 Å². The molecule has 0 aliphatic heterocycles. The van der Waals surface area contributed by atoms with Crippen molar-refractivity contribution in [1.82, 2.24) is 4.98 Å². The number of hydrogen-bond donors (Lipinski definition) is 0. The third-order valence-corrected chi connectivity index (χ3v) is 4.83. The standard InChI is InChI=1S/C23H15NO3/c1-26-15-12-10-14(11-13-15)20-23(25)27-22-19-9-5-3-7-17(19)16-6-2-4-8-18(16)21(22)24-20/h2-13H,1H3. The number of fused-ring (bicyclic) bond motifs is 6. The maximum absolute atomic E-state index is 12.7. The first-order valence-corrected chi connectivity index (χ1v) is 8.65. The molecule has 4 aromatic carbocycles. The first-order chi connectivity index (χ1) is 13.3. The molecule has 130 valence electrons. The highest BCUT2D eigenvalue weighted by Gasteiger charge is 2.15. The molecule has 0 amide bonds. The number of methoxy groups -OCH3 is 1. The number of nitrogens with zero attached hydrogens (tertiary/aromatic N) is 1. The van der Waals surface area contributed by atoms with Crippen molar-refractivity contribution in [3.8, 4) is 17.0 Å². The molecule has 0 spiro atoms. The summed E-state index contributed by atoms with van der Waals surface area (Å²) in [5, 5.41) is 3.98. The average molecular weight is 353 g/mol. The Kier molecular flexibility index (Phi) is 3.44. The van der Waals surface area contributed by atoms with E-state index >= 15 is 0 Å². The fourth-order valence-corrected chi connectivity index (χ4v) is 3.53. The Bertz CT molecular complexity index is 1370. The van der Waals surface area contributed by atoms with E-state index in [2.05, 4.69) is 6.07 Å². The summed E-state index contributed by atoms with van der Waals surface area (Å²) >= 11 is 0. The Morgan fingerprint density at radius 3 is 2.04 bits per heavy atom. The molecule has 0 unspecified atom stereocenters. The number of ether oxygens (including phenoxy) is 1. The molecular formula is C23H15NO3. The number of hydrogen-bond acceptors (Lipinski definition) is 4. The highest BCUT2D eigenvalue weighted by atomic mass is 16.5. The second-order valence-corrected chi connectivity index (χ2v) is 6.35. The van der Waals surface area contributed by atoms with Crippen LogP contribution in [0.5, 0.6) is 5.75 Å². The topological polar surface area (TPSA) is 52.3 Å². The maximum atomic E-state index is 12.7. The predicted molar refractivity (Wildman–Crippen MR) is 107 cm³/mol. The van der Waals surface area contributed by atoms with Crippen LogP contribution < -0.4 is 10.4 Å². The van der Waals surface area contributed by atoms with Gasteiger partial charge in [0, 0.05) is 16.3 Å². The van der Waals surface area contributed by atoms with E-state index in [0.717, 1.165) is 27.3 Å². The zero-order valence-electron chi connectivity index (χ0n) is 14.6. The largest absolute Gasteiger partial charge is 0.497 e. The minimum absolute atomic E-state index is 0.297. The van der Waals surface area contributed by atoms with E-state index in [1.165, 1.54) is 0 Å². The van der Waals surface area contributed by atoms with Crippen LogP contribution in [0.1, 0.15) is 0 Å². The van der Waals surface area contributed by atoms with Crippen LogP contribution >= 0.6 is 0 Å². The maximum Gasteiger partial charge on any atom is 0.363 e. The molecule has 1 aromatic heterocycles. The van der Waals surface area contributed by atoms with Crippen LogP contribution in [-0.4, -0.2) is 12.1 Å². The van der Waals surface area contributed by atoms with Crippen LogP contribution in [0.2, 0.25) is 0 Å². The third kappa shape index (κ3) is 2.38. The summed E-state index contributed by atoms with van der Waals surface area (Å²) in [7, 11) is 1.61. The molecular weight excluding hydrogens is 338 g/mol. The fourth-order valence-electron chi connectivity index (χ4n) is 3.53. The Balaban J connectivity index is 1.91. The molecule has 0 aliphatic rings. The first kappa shape index (κ1) is 15.6. The van der Waals surface area contributed by atoms with Gasteiger partial charge in [0.15, 0.2) is 11.3 Å². The van der Waals surface area contributed by atoms with Crippen LogP contribution in [0.15, 0.2) is 82.0 Å².